The Kier molecular flexibility index (Phi) is 5.32. The van der Waals surface area contributed by atoms with Gasteiger partial charge in [-0.3, -0.25) is 4.79 Å². The molecule has 0 spiro atoms. The molecule has 2 aliphatic heterocycles. The lowest BCUT2D eigenvalue weighted by molar-refractivity contribution is -0.133. The predicted molar refractivity (Wildman–Crippen MR) is 85.6 cm³/mol. The molecule has 2 aliphatic rings. The minimum atomic E-state index is 0.192. The summed E-state index contributed by atoms with van der Waals surface area (Å²) in [6.07, 6.45) is 3.87. The molecule has 0 saturated carbocycles. The largest absolute Gasteiger partial charge is 0.378 e. The van der Waals surface area contributed by atoms with Crippen LogP contribution in [0.4, 0.5) is 0 Å². The van der Waals surface area contributed by atoms with Crippen LogP contribution in [0.15, 0.2) is 9.85 Å². The van der Waals surface area contributed by atoms with Crippen LogP contribution in [0.1, 0.15) is 29.7 Å². The second-order valence-electron chi connectivity index (χ2n) is 5.52. The van der Waals surface area contributed by atoms with Crippen LogP contribution in [0, 0.1) is 0 Å². The fraction of sp³-hybridized carbons (Fsp3) is 0.667. The highest BCUT2D eigenvalue weighted by molar-refractivity contribution is 9.11. The molecule has 1 aromatic heterocycles. The maximum absolute atomic E-state index is 12.2. The van der Waals surface area contributed by atoms with E-state index in [0.29, 0.717) is 19.6 Å². The lowest BCUT2D eigenvalue weighted by atomic mass is 10.1. The molecule has 1 aromatic rings. The second-order valence-corrected chi connectivity index (χ2v) is 8.04. The van der Waals surface area contributed by atoms with Crippen LogP contribution in [0.3, 0.4) is 0 Å². The Morgan fingerprint density at radius 1 is 1.57 bits per heavy atom. The zero-order valence-corrected chi connectivity index (χ0v) is 14.4. The number of thiophene rings is 1. The zero-order valence-electron chi connectivity index (χ0n) is 12.0. The number of amides is 1. The fourth-order valence-electron chi connectivity index (χ4n) is 2.80. The Balaban J connectivity index is 1.39. The monoisotopic (exact) mass is 373 g/mol. The lowest BCUT2D eigenvalue weighted by Gasteiger charge is -2.27. The Morgan fingerprint density at radius 2 is 2.48 bits per heavy atom. The van der Waals surface area contributed by atoms with Crippen LogP contribution in [0.2, 0.25) is 0 Å². The molecular formula is C15H20BrNO3S. The number of nitrogens with zero attached hydrogens (tertiary/aromatic N) is 1. The standard InChI is InChI=1S/C15H20BrNO3S/c16-14-8-11-3-5-17(9-13(11)21-14)15(18)4-7-19-10-12-2-1-6-20-12/h8,12H,1-7,9-10H2/t12-/m1/s1. The molecule has 0 bridgehead atoms. The SMILES string of the molecule is O=C(CCOC[C@H]1CCCO1)N1CCc2cc(Br)sc2C1. The van der Waals surface area contributed by atoms with E-state index >= 15 is 0 Å². The minimum absolute atomic E-state index is 0.192. The van der Waals surface area contributed by atoms with Gasteiger partial charge in [-0.25, -0.2) is 0 Å². The second kappa shape index (κ2) is 7.22. The molecule has 0 aliphatic carbocycles. The number of fused-ring (bicyclic) bond motifs is 1. The molecule has 6 heteroatoms. The Morgan fingerprint density at radius 3 is 3.29 bits per heavy atom. The van der Waals surface area contributed by atoms with Gasteiger partial charge in [0, 0.05) is 18.0 Å². The van der Waals surface area contributed by atoms with E-state index in [2.05, 4.69) is 22.0 Å². The van der Waals surface area contributed by atoms with Gasteiger partial charge in [0.2, 0.25) is 5.91 Å². The van der Waals surface area contributed by atoms with Crippen molar-refractivity contribution in [1.82, 2.24) is 4.90 Å². The van der Waals surface area contributed by atoms with Crippen molar-refractivity contribution in [3.63, 3.8) is 0 Å². The third-order valence-corrected chi connectivity index (χ3v) is 5.66. The molecule has 1 fully saturated rings. The van der Waals surface area contributed by atoms with Gasteiger partial charge in [0.25, 0.3) is 0 Å². The molecule has 116 valence electrons. The molecule has 3 heterocycles. The normalized spacial score (nSPS) is 21.6. The van der Waals surface area contributed by atoms with Crippen LogP contribution in [0.5, 0.6) is 0 Å². The summed E-state index contributed by atoms with van der Waals surface area (Å²) in [6.45, 7) is 3.53. The molecule has 1 atom stereocenters. The van der Waals surface area contributed by atoms with E-state index < -0.39 is 0 Å². The summed E-state index contributed by atoms with van der Waals surface area (Å²) in [7, 11) is 0. The van der Waals surface area contributed by atoms with Crippen molar-refractivity contribution in [3.05, 3.63) is 20.3 Å². The molecular weight excluding hydrogens is 354 g/mol. The first-order chi connectivity index (χ1) is 10.2. The molecule has 21 heavy (non-hydrogen) atoms. The van der Waals surface area contributed by atoms with E-state index in [1.165, 1.54) is 10.4 Å². The number of ether oxygens (including phenoxy) is 2. The van der Waals surface area contributed by atoms with Crippen molar-refractivity contribution >= 4 is 33.2 Å². The smallest absolute Gasteiger partial charge is 0.225 e. The summed E-state index contributed by atoms with van der Waals surface area (Å²) in [5, 5.41) is 0. The van der Waals surface area contributed by atoms with E-state index in [0.717, 1.165) is 42.7 Å². The molecule has 1 saturated heterocycles. The zero-order chi connectivity index (χ0) is 14.7. The number of rotatable bonds is 5. The van der Waals surface area contributed by atoms with E-state index in [4.69, 9.17) is 9.47 Å². The van der Waals surface area contributed by atoms with Crippen molar-refractivity contribution in [2.45, 2.75) is 38.3 Å². The summed E-state index contributed by atoms with van der Waals surface area (Å²) in [4.78, 5) is 15.5. The topological polar surface area (TPSA) is 38.8 Å². The third kappa shape index (κ3) is 4.06. The van der Waals surface area contributed by atoms with E-state index in [1.54, 1.807) is 11.3 Å². The average molecular weight is 374 g/mol. The van der Waals surface area contributed by atoms with E-state index in [9.17, 15) is 4.79 Å². The average Bonchev–Trinajstić information content (AvgIpc) is 3.10. The maximum Gasteiger partial charge on any atom is 0.225 e. The van der Waals surface area contributed by atoms with Crippen LogP contribution in [-0.4, -0.2) is 43.3 Å². The lowest BCUT2D eigenvalue weighted by Crippen LogP contribution is -2.35. The summed E-state index contributed by atoms with van der Waals surface area (Å²) in [6, 6.07) is 2.17. The first-order valence-electron chi connectivity index (χ1n) is 7.46. The number of carbonyl (C=O) groups is 1. The van der Waals surface area contributed by atoms with Crippen molar-refractivity contribution in [3.8, 4) is 0 Å². The first-order valence-corrected chi connectivity index (χ1v) is 9.07. The molecule has 4 nitrogen and oxygen atoms in total. The highest BCUT2D eigenvalue weighted by Gasteiger charge is 2.22. The van der Waals surface area contributed by atoms with Gasteiger partial charge in [-0.05, 0) is 46.8 Å². The summed E-state index contributed by atoms with van der Waals surface area (Å²) in [5.41, 5.74) is 1.38. The Labute approximate surface area is 137 Å². The number of carbonyl (C=O) groups excluding carboxylic acids is 1. The van der Waals surface area contributed by atoms with Crippen LogP contribution < -0.4 is 0 Å². The van der Waals surface area contributed by atoms with Gasteiger partial charge >= 0.3 is 0 Å². The maximum atomic E-state index is 12.2. The fourth-order valence-corrected chi connectivity index (χ4v) is 4.62. The van der Waals surface area contributed by atoms with Gasteiger partial charge in [0.05, 0.1) is 36.1 Å². The minimum Gasteiger partial charge on any atom is -0.378 e. The molecule has 0 radical (unpaired) electrons. The highest BCUT2D eigenvalue weighted by Crippen LogP contribution is 2.31. The quantitative estimate of drug-likeness (QED) is 0.744. The van der Waals surface area contributed by atoms with Crippen molar-refractivity contribution < 1.29 is 14.3 Å². The van der Waals surface area contributed by atoms with Crippen LogP contribution in [-0.2, 0) is 27.2 Å². The molecule has 1 amide bonds. The molecule has 3 rings (SSSR count). The first kappa shape index (κ1) is 15.5. The van der Waals surface area contributed by atoms with Gasteiger partial charge in [0.15, 0.2) is 0 Å². The predicted octanol–water partition coefficient (Wildman–Crippen LogP) is 2.98. The van der Waals surface area contributed by atoms with Gasteiger partial charge in [-0.15, -0.1) is 11.3 Å². The van der Waals surface area contributed by atoms with Crippen molar-refractivity contribution in [1.29, 1.82) is 0 Å². The Bertz CT molecular complexity index is 499. The summed E-state index contributed by atoms with van der Waals surface area (Å²) in [5.74, 6) is 0.192. The number of hydrogen-bond donors (Lipinski definition) is 0. The Hall–Kier alpha value is -0.430. The van der Waals surface area contributed by atoms with E-state index in [-0.39, 0.29) is 12.0 Å². The number of halogens is 1. The third-order valence-electron chi connectivity index (χ3n) is 3.99. The van der Waals surface area contributed by atoms with Gasteiger partial charge in [-0.1, -0.05) is 0 Å². The van der Waals surface area contributed by atoms with Crippen molar-refractivity contribution in [2.75, 3.05) is 26.4 Å². The van der Waals surface area contributed by atoms with Gasteiger partial charge in [-0.2, -0.15) is 0 Å². The van der Waals surface area contributed by atoms with Crippen LogP contribution >= 0.6 is 27.3 Å². The summed E-state index contributed by atoms with van der Waals surface area (Å²) < 4.78 is 12.2. The number of hydrogen-bond acceptors (Lipinski definition) is 4. The van der Waals surface area contributed by atoms with Gasteiger partial charge in [0.1, 0.15) is 0 Å². The molecule has 0 unspecified atom stereocenters. The van der Waals surface area contributed by atoms with Crippen molar-refractivity contribution in [2.24, 2.45) is 0 Å². The highest BCUT2D eigenvalue weighted by atomic mass is 79.9. The molecule has 0 N–H and O–H groups in total. The van der Waals surface area contributed by atoms with Crippen LogP contribution in [0.25, 0.3) is 0 Å². The van der Waals surface area contributed by atoms with Gasteiger partial charge < -0.3 is 14.4 Å². The van der Waals surface area contributed by atoms with E-state index in [1.807, 2.05) is 4.90 Å². The summed E-state index contributed by atoms with van der Waals surface area (Å²) >= 11 is 5.25. The molecule has 0 aromatic carbocycles.